The van der Waals surface area contributed by atoms with E-state index in [2.05, 4.69) is 55.9 Å². The number of hydrogen-bond acceptors (Lipinski definition) is 6. The molecule has 1 aromatic carbocycles. The average molecular weight is 349 g/mol. The van der Waals surface area contributed by atoms with Gasteiger partial charge < -0.3 is 20.3 Å². The first kappa shape index (κ1) is 15.6. The molecule has 26 heavy (non-hydrogen) atoms. The summed E-state index contributed by atoms with van der Waals surface area (Å²) in [5.74, 6) is 1.00. The molecule has 1 saturated carbocycles. The molecule has 4 aliphatic rings. The minimum atomic E-state index is -0.0172. The lowest BCUT2D eigenvalue weighted by atomic mass is 10.0. The van der Waals surface area contributed by atoms with Crippen molar-refractivity contribution in [3.8, 4) is 0 Å². The summed E-state index contributed by atoms with van der Waals surface area (Å²) in [4.78, 5) is 11.5. The zero-order valence-electron chi connectivity index (χ0n) is 14.7. The van der Waals surface area contributed by atoms with E-state index in [0.717, 1.165) is 43.5 Å². The SMILES string of the molecule is C1=NC2=C(NC3CC3)NC(c3ccc(N4CCOCC4)cc3)=CC2N=C1. The van der Waals surface area contributed by atoms with Gasteiger partial charge in [0.05, 0.1) is 13.2 Å². The summed E-state index contributed by atoms with van der Waals surface area (Å²) < 4.78 is 5.44. The quantitative estimate of drug-likeness (QED) is 0.872. The first-order valence-electron chi connectivity index (χ1n) is 9.35. The second kappa shape index (κ2) is 6.61. The predicted molar refractivity (Wildman–Crippen MR) is 105 cm³/mol. The number of fused-ring (bicyclic) bond motifs is 1. The molecule has 1 unspecified atom stereocenters. The highest BCUT2D eigenvalue weighted by molar-refractivity contribution is 6.17. The number of rotatable bonds is 4. The van der Waals surface area contributed by atoms with Crippen LogP contribution < -0.4 is 15.5 Å². The van der Waals surface area contributed by atoms with E-state index in [0.29, 0.717) is 6.04 Å². The van der Waals surface area contributed by atoms with Crippen molar-refractivity contribution in [2.24, 2.45) is 9.98 Å². The van der Waals surface area contributed by atoms with Crippen molar-refractivity contribution >= 4 is 23.8 Å². The highest BCUT2D eigenvalue weighted by atomic mass is 16.5. The van der Waals surface area contributed by atoms with E-state index in [1.54, 1.807) is 12.4 Å². The van der Waals surface area contributed by atoms with Gasteiger partial charge in [-0.05, 0) is 36.6 Å². The van der Waals surface area contributed by atoms with Gasteiger partial charge in [0.1, 0.15) is 17.6 Å². The second-order valence-electron chi connectivity index (χ2n) is 7.05. The Kier molecular flexibility index (Phi) is 3.97. The molecule has 1 aliphatic carbocycles. The van der Waals surface area contributed by atoms with Crippen LogP contribution in [-0.4, -0.2) is 50.8 Å². The van der Waals surface area contributed by atoms with Gasteiger partial charge in [-0.25, -0.2) is 0 Å². The maximum absolute atomic E-state index is 5.44. The van der Waals surface area contributed by atoms with E-state index in [-0.39, 0.29) is 6.04 Å². The van der Waals surface area contributed by atoms with Crippen LogP contribution in [0.5, 0.6) is 0 Å². The highest BCUT2D eigenvalue weighted by Crippen LogP contribution is 2.29. The normalized spacial score (nSPS) is 24.8. The predicted octanol–water partition coefficient (Wildman–Crippen LogP) is 1.91. The van der Waals surface area contributed by atoms with Crippen LogP contribution >= 0.6 is 0 Å². The molecule has 0 radical (unpaired) electrons. The molecule has 0 amide bonds. The van der Waals surface area contributed by atoms with Crippen LogP contribution in [0.2, 0.25) is 0 Å². The summed E-state index contributed by atoms with van der Waals surface area (Å²) in [7, 11) is 0. The standard InChI is InChI=1S/C20H23N5O/c1-5-16(25-9-11-26-12-10-25)6-2-14(1)17-13-18-19(22-8-7-21-18)20(24-17)23-15-3-4-15/h1-2,5-8,13,15,18,23-24H,3-4,9-12H2. The lowest BCUT2D eigenvalue weighted by Gasteiger charge is -2.29. The zero-order chi connectivity index (χ0) is 17.3. The van der Waals surface area contributed by atoms with Crippen molar-refractivity contribution in [1.29, 1.82) is 0 Å². The number of nitrogens with zero attached hydrogens (tertiary/aromatic N) is 3. The molecule has 3 aliphatic heterocycles. The Balaban J connectivity index is 1.38. The van der Waals surface area contributed by atoms with Crippen molar-refractivity contribution in [3.63, 3.8) is 0 Å². The van der Waals surface area contributed by atoms with E-state index in [4.69, 9.17) is 4.74 Å². The minimum absolute atomic E-state index is 0.0172. The van der Waals surface area contributed by atoms with Crippen LogP contribution in [0.1, 0.15) is 18.4 Å². The number of hydrogen-bond donors (Lipinski definition) is 2. The van der Waals surface area contributed by atoms with Gasteiger partial charge >= 0.3 is 0 Å². The maximum Gasteiger partial charge on any atom is 0.128 e. The van der Waals surface area contributed by atoms with E-state index in [1.165, 1.54) is 24.1 Å². The fraction of sp³-hybridized carbons (Fsp3) is 0.400. The number of dihydropyridines is 1. The topological polar surface area (TPSA) is 61.2 Å². The number of benzene rings is 1. The number of anilines is 1. The number of ether oxygens (including phenoxy) is 1. The molecule has 1 saturated heterocycles. The number of aliphatic imine (C=N–C) groups is 2. The Hall–Kier alpha value is -2.60. The van der Waals surface area contributed by atoms with Crippen molar-refractivity contribution < 1.29 is 4.74 Å². The molecule has 5 rings (SSSR count). The third-order valence-corrected chi connectivity index (χ3v) is 5.13. The number of morpholine rings is 1. The molecule has 134 valence electrons. The van der Waals surface area contributed by atoms with Crippen molar-refractivity contribution in [1.82, 2.24) is 10.6 Å². The Labute approximate surface area is 153 Å². The molecule has 1 atom stereocenters. The molecule has 0 spiro atoms. The Bertz CT molecular complexity index is 798. The lowest BCUT2D eigenvalue weighted by Crippen LogP contribution is -2.36. The third-order valence-electron chi connectivity index (χ3n) is 5.13. The highest BCUT2D eigenvalue weighted by Gasteiger charge is 2.29. The Morgan fingerprint density at radius 3 is 2.65 bits per heavy atom. The number of nitrogens with one attached hydrogen (secondary N) is 2. The minimum Gasteiger partial charge on any atom is -0.378 e. The van der Waals surface area contributed by atoms with Crippen molar-refractivity contribution in [2.45, 2.75) is 24.9 Å². The summed E-state index contributed by atoms with van der Waals surface area (Å²) in [6.07, 6.45) is 8.15. The van der Waals surface area contributed by atoms with Crippen LogP contribution in [0.4, 0.5) is 5.69 Å². The van der Waals surface area contributed by atoms with Gasteiger partial charge in [-0.15, -0.1) is 0 Å². The van der Waals surface area contributed by atoms with Crippen molar-refractivity contribution in [3.05, 3.63) is 47.4 Å². The molecule has 3 heterocycles. The molecule has 0 aromatic heterocycles. The van der Waals surface area contributed by atoms with Gasteiger partial charge in [-0.2, -0.15) is 0 Å². The van der Waals surface area contributed by atoms with Gasteiger partial charge in [0, 0.05) is 42.9 Å². The lowest BCUT2D eigenvalue weighted by molar-refractivity contribution is 0.122. The summed E-state index contributed by atoms with van der Waals surface area (Å²) in [5, 5.41) is 7.12. The maximum atomic E-state index is 5.44. The third kappa shape index (κ3) is 3.12. The molecule has 6 nitrogen and oxygen atoms in total. The summed E-state index contributed by atoms with van der Waals surface area (Å²) in [5.41, 5.74) is 4.49. The average Bonchev–Trinajstić information content (AvgIpc) is 3.53. The van der Waals surface area contributed by atoms with Gasteiger partial charge in [0.15, 0.2) is 0 Å². The fourth-order valence-electron chi connectivity index (χ4n) is 3.51. The first-order chi connectivity index (χ1) is 12.9. The second-order valence-corrected chi connectivity index (χ2v) is 7.05. The molecule has 0 bridgehead atoms. The van der Waals surface area contributed by atoms with Crippen molar-refractivity contribution in [2.75, 3.05) is 31.2 Å². The van der Waals surface area contributed by atoms with Gasteiger partial charge in [0.2, 0.25) is 0 Å². The van der Waals surface area contributed by atoms with E-state index in [9.17, 15) is 0 Å². The first-order valence-corrected chi connectivity index (χ1v) is 9.35. The Morgan fingerprint density at radius 1 is 1.08 bits per heavy atom. The smallest absolute Gasteiger partial charge is 0.128 e. The molecular formula is C20H23N5O. The zero-order valence-corrected chi connectivity index (χ0v) is 14.7. The van der Waals surface area contributed by atoms with Gasteiger partial charge in [0.25, 0.3) is 0 Å². The van der Waals surface area contributed by atoms with Crippen LogP contribution in [0.25, 0.3) is 5.70 Å². The molecule has 2 fully saturated rings. The summed E-state index contributed by atoms with van der Waals surface area (Å²) in [6.45, 7) is 3.52. The summed E-state index contributed by atoms with van der Waals surface area (Å²) >= 11 is 0. The van der Waals surface area contributed by atoms with E-state index >= 15 is 0 Å². The fourth-order valence-corrected chi connectivity index (χ4v) is 3.51. The molecule has 2 N–H and O–H groups in total. The van der Waals surface area contributed by atoms with Crippen LogP contribution in [0.15, 0.2) is 51.8 Å². The van der Waals surface area contributed by atoms with E-state index < -0.39 is 0 Å². The van der Waals surface area contributed by atoms with Crippen LogP contribution in [-0.2, 0) is 4.74 Å². The van der Waals surface area contributed by atoms with Gasteiger partial charge in [-0.3, -0.25) is 9.98 Å². The Morgan fingerprint density at radius 2 is 1.88 bits per heavy atom. The summed E-state index contributed by atoms with van der Waals surface area (Å²) in [6, 6.07) is 9.29. The molecule has 6 heteroatoms. The monoisotopic (exact) mass is 349 g/mol. The molecule has 1 aromatic rings. The van der Waals surface area contributed by atoms with Crippen LogP contribution in [0.3, 0.4) is 0 Å². The van der Waals surface area contributed by atoms with E-state index in [1.807, 2.05) is 0 Å². The van der Waals surface area contributed by atoms with Gasteiger partial charge in [-0.1, -0.05) is 12.1 Å². The van der Waals surface area contributed by atoms with Crippen LogP contribution in [0, 0.1) is 0 Å². The largest absolute Gasteiger partial charge is 0.378 e. The molecular weight excluding hydrogens is 326 g/mol.